The average molecular weight is 223 g/mol. The number of nitrogens with one attached hydrogen (secondary N) is 1. The number of carbonyl (C=O) groups excluding carboxylic acids is 1. The van der Waals surface area contributed by atoms with Gasteiger partial charge in [-0.15, -0.1) is 0 Å². The molecule has 0 bridgehead atoms. The lowest BCUT2D eigenvalue weighted by molar-refractivity contribution is 0.0264. The third kappa shape index (κ3) is 2.56. The van der Waals surface area contributed by atoms with Gasteiger partial charge in [0, 0.05) is 6.42 Å². The normalized spacial score (nSPS) is 28.4. The van der Waals surface area contributed by atoms with Gasteiger partial charge in [-0.1, -0.05) is 0 Å². The largest absolute Gasteiger partial charge is 0.444 e. The highest BCUT2D eigenvalue weighted by molar-refractivity contribution is 5.70. The van der Waals surface area contributed by atoms with Gasteiger partial charge in [-0.05, 0) is 20.8 Å². The maximum Gasteiger partial charge on any atom is 0.408 e. The Morgan fingerprint density at radius 2 is 2.00 bits per heavy atom. The lowest BCUT2D eigenvalue weighted by Gasteiger charge is -2.22. The summed E-state index contributed by atoms with van der Waals surface area (Å²) in [6.07, 6.45) is -1.48. The highest BCUT2D eigenvalue weighted by Crippen LogP contribution is 2.52. The molecule has 4 nitrogen and oxygen atoms in total. The number of alkyl carbamates (subject to hydrolysis) is 1. The summed E-state index contributed by atoms with van der Waals surface area (Å²) in [6.45, 7) is 4.09. The molecule has 1 atom stereocenters. The van der Waals surface area contributed by atoms with Crippen LogP contribution in [-0.4, -0.2) is 34.9 Å². The monoisotopic (exact) mass is 223 g/mol. The Balaban J connectivity index is 2.53. The lowest BCUT2D eigenvalue weighted by atomic mass is 10.2. The maximum absolute atomic E-state index is 12.8. The molecule has 6 heteroatoms. The van der Waals surface area contributed by atoms with Crippen molar-refractivity contribution < 1.29 is 23.4 Å². The molecule has 0 heterocycles. The summed E-state index contributed by atoms with van der Waals surface area (Å²) in [5.74, 6) is -3.04. The molecule has 2 N–H and O–H groups in total. The van der Waals surface area contributed by atoms with Crippen LogP contribution in [0.3, 0.4) is 0 Å². The molecule has 1 aliphatic rings. The Kier molecular flexibility index (Phi) is 2.67. The number of ether oxygens (including phenoxy) is 1. The van der Waals surface area contributed by atoms with Crippen LogP contribution >= 0.6 is 0 Å². The topological polar surface area (TPSA) is 58.6 Å². The van der Waals surface area contributed by atoms with Gasteiger partial charge in [-0.25, -0.2) is 13.6 Å². The quantitative estimate of drug-likeness (QED) is 0.741. The van der Waals surface area contributed by atoms with Crippen molar-refractivity contribution in [3.05, 3.63) is 0 Å². The summed E-state index contributed by atoms with van der Waals surface area (Å²) >= 11 is 0. The minimum Gasteiger partial charge on any atom is -0.444 e. The number of hydrogen-bond acceptors (Lipinski definition) is 3. The average Bonchev–Trinajstić information content (AvgIpc) is 2.49. The third-order valence-electron chi connectivity index (χ3n) is 2.11. The van der Waals surface area contributed by atoms with Crippen LogP contribution in [0.2, 0.25) is 0 Å². The zero-order chi connectivity index (χ0) is 11.9. The molecule has 1 aliphatic carbocycles. The highest BCUT2D eigenvalue weighted by Gasteiger charge is 2.72. The second kappa shape index (κ2) is 3.30. The molecule has 0 saturated heterocycles. The number of aliphatic hydroxyl groups excluding tert-OH is 1. The first-order valence-corrected chi connectivity index (χ1v) is 4.62. The van der Waals surface area contributed by atoms with Gasteiger partial charge in [0.25, 0.3) is 5.92 Å². The van der Waals surface area contributed by atoms with Gasteiger partial charge >= 0.3 is 6.09 Å². The zero-order valence-corrected chi connectivity index (χ0v) is 8.93. The molecule has 1 amide bonds. The summed E-state index contributed by atoms with van der Waals surface area (Å²) in [4.78, 5) is 11.2. The summed E-state index contributed by atoms with van der Waals surface area (Å²) in [5.41, 5.74) is -2.57. The van der Waals surface area contributed by atoms with E-state index in [1.165, 1.54) is 0 Å². The van der Waals surface area contributed by atoms with Crippen LogP contribution < -0.4 is 5.32 Å². The van der Waals surface area contributed by atoms with Crippen LogP contribution in [0.25, 0.3) is 0 Å². The molecular formula is C9H15F2NO3. The SMILES string of the molecule is CC(C)(C)OC(=O)NC1(CO)CC1(F)F. The van der Waals surface area contributed by atoms with E-state index < -0.39 is 36.2 Å². The smallest absolute Gasteiger partial charge is 0.408 e. The number of rotatable bonds is 2. The summed E-state index contributed by atoms with van der Waals surface area (Å²) in [5, 5.41) is 10.8. The van der Waals surface area contributed by atoms with Crippen LogP contribution in [0.5, 0.6) is 0 Å². The number of hydrogen-bond donors (Lipinski definition) is 2. The minimum atomic E-state index is -3.04. The van der Waals surface area contributed by atoms with Crippen molar-refractivity contribution in [3.8, 4) is 0 Å². The Bertz CT molecular complexity index is 275. The second-order valence-corrected chi connectivity index (χ2v) is 4.75. The first kappa shape index (κ1) is 12.2. The molecule has 15 heavy (non-hydrogen) atoms. The Morgan fingerprint density at radius 3 is 2.27 bits per heavy atom. The van der Waals surface area contributed by atoms with Gasteiger partial charge in [-0.2, -0.15) is 0 Å². The van der Waals surface area contributed by atoms with Crippen molar-refractivity contribution in [1.29, 1.82) is 0 Å². The lowest BCUT2D eigenvalue weighted by Crippen LogP contribution is -2.46. The van der Waals surface area contributed by atoms with Gasteiger partial charge < -0.3 is 15.2 Å². The van der Waals surface area contributed by atoms with E-state index in [1.807, 2.05) is 5.32 Å². The second-order valence-electron chi connectivity index (χ2n) is 4.75. The maximum atomic E-state index is 12.8. The van der Waals surface area contributed by atoms with E-state index >= 15 is 0 Å². The first-order chi connectivity index (χ1) is 6.62. The fourth-order valence-electron chi connectivity index (χ4n) is 1.18. The van der Waals surface area contributed by atoms with E-state index in [2.05, 4.69) is 0 Å². The van der Waals surface area contributed by atoms with E-state index in [0.29, 0.717) is 0 Å². The van der Waals surface area contributed by atoms with Crippen LogP contribution in [-0.2, 0) is 4.74 Å². The predicted octanol–water partition coefficient (Wildman–Crippen LogP) is 1.28. The fourth-order valence-corrected chi connectivity index (χ4v) is 1.18. The van der Waals surface area contributed by atoms with Crippen molar-refractivity contribution in [1.82, 2.24) is 5.32 Å². The Labute approximate surface area is 86.6 Å². The molecule has 1 saturated carbocycles. The number of alkyl halides is 2. The number of amides is 1. The molecule has 0 aromatic rings. The van der Waals surface area contributed by atoms with Gasteiger partial charge in [0.15, 0.2) is 0 Å². The molecule has 0 radical (unpaired) electrons. The van der Waals surface area contributed by atoms with E-state index in [1.54, 1.807) is 20.8 Å². The van der Waals surface area contributed by atoms with Gasteiger partial charge in [0.2, 0.25) is 0 Å². The standard InChI is InChI=1S/C9H15F2NO3/c1-7(2,3)15-6(14)12-8(5-13)4-9(8,10)11/h13H,4-5H2,1-3H3,(H,12,14). The van der Waals surface area contributed by atoms with Crippen LogP contribution in [0.15, 0.2) is 0 Å². The van der Waals surface area contributed by atoms with E-state index in [-0.39, 0.29) is 0 Å². The van der Waals surface area contributed by atoms with E-state index in [9.17, 15) is 13.6 Å². The number of halogens is 2. The fraction of sp³-hybridized carbons (Fsp3) is 0.889. The zero-order valence-electron chi connectivity index (χ0n) is 8.93. The van der Waals surface area contributed by atoms with Crippen molar-refractivity contribution in [2.45, 2.75) is 44.3 Å². The van der Waals surface area contributed by atoms with E-state index in [0.717, 1.165) is 0 Å². The minimum absolute atomic E-state index is 0.546. The third-order valence-corrected chi connectivity index (χ3v) is 2.11. The van der Waals surface area contributed by atoms with Crippen molar-refractivity contribution in [2.75, 3.05) is 6.61 Å². The molecule has 0 aliphatic heterocycles. The van der Waals surface area contributed by atoms with Crippen LogP contribution in [0.4, 0.5) is 13.6 Å². The van der Waals surface area contributed by atoms with Crippen LogP contribution in [0, 0.1) is 0 Å². The molecular weight excluding hydrogens is 208 g/mol. The van der Waals surface area contributed by atoms with Gasteiger partial charge in [0.05, 0.1) is 6.61 Å². The predicted molar refractivity (Wildman–Crippen MR) is 48.8 cm³/mol. The molecule has 0 aromatic carbocycles. The summed E-state index contributed by atoms with van der Waals surface area (Å²) < 4.78 is 30.4. The van der Waals surface area contributed by atoms with Gasteiger partial charge in [-0.3, -0.25) is 0 Å². The summed E-state index contributed by atoms with van der Waals surface area (Å²) in [7, 11) is 0. The molecule has 88 valence electrons. The van der Waals surface area contributed by atoms with Gasteiger partial charge in [0.1, 0.15) is 11.1 Å². The molecule has 0 aromatic heterocycles. The van der Waals surface area contributed by atoms with Crippen molar-refractivity contribution >= 4 is 6.09 Å². The molecule has 1 fully saturated rings. The van der Waals surface area contributed by atoms with Crippen molar-refractivity contribution in [3.63, 3.8) is 0 Å². The summed E-state index contributed by atoms with van der Waals surface area (Å²) in [6, 6.07) is 0. The first-order valence-electron chi connectivity index (χ1n) is 4.62. The molecule has 0 spiro atoms. The number of carbonyl (C=O) groups is 1. The molecule has 1 rings (SSSR count). The Hall–Kier alpha value is -0.910. The highest BCUT2D eigenvalue weighted by atomic mass is 19.3. The molecule has 1 unspecified atom stereocenters. The van der Waals surface area contributed by atoms with Crippen molar-refractivity contribution in [2.24, 2.45) is 0 Å². The van der Waals surface area contributed by atoms with Crippen LogP contribution in [0.1, 0.15) is 27.2 Å². The van der Waals surface area contributed by atoms with E-state index in [4.69, 9.17) is 9.84 Å². The number of aliphatic hydroxyl groups is 1. The Morgan fingerprint density at radius 1 is 1.53 bits per heavy atom.